The molecule has 0 atom stereocenters. The molecule has 0 saturated heterocycles. The van der Waals surface area contributed by atoms with Crippen LogP contribution >= 0.6 is 22.9 Å². The van der Waals surface area contributed by atoms with Crippen LogP contribution in [-0.4, -0.2) is 10.9 Å². The van der Waals surface area contributed by atoms with Gasteiger partial charge in [-0.1, -0.05) is 26.7 Å². The van der Waals surface area contributed by atoms with Gasteiger partial charge in [0.15, 0.2) is 0 Å². The zero-order valence-corrected chi connectivity index (χ0v) is 11.7. The van der Waals surface area contributed by atoms with Gasteiger partial charge in [-0.3, -0.25) is 0 Å². The molecule has 0 aliphatic heterocycles. The van der Waals surface area contributed by atoms with Crippen LogP contribution in [-0.2, 0) is 11.8 Å². The van der Waals surface area contributed by atoms with E-state index in [1.165, 1.54) is 0 Å². The minimum Gasteiger partial charge on any atom is -0.245 e. The van der Waals surface area contributed by atoms with E-state index in [9.17, 15) is 0 Å². The summed E-state index contributed by atoms with van der Waals surface area (Å²) < 4.78 is 0. The molecule has 88 valence electrons. The van der Waals surface area contributed by atoms with Crippen molar-refractivity contribution in [1.29, 1.82) is 0 Å². The van der Waals surface area contributed by atoms with Crippen LogP contribution in [0.5, 0.6) is 0 Å². The topological polar surface area (TPSA) is 12.9 Å². The Labute approximate surface area is 107 Å². The lowest BCUT2D eigenvalue weighted by molar-refractivity contribution is 0.571. The first-order valence-corrected chi connectivity index (χ1v) is 6.92. The van der Waals surface area contributed by atoms with E-state index >= 15 is 0 Å². The molecule has 3 heteroatoms. The Morgan fingerprint density at radius 2 is 2.12 bits per heavy atom. The van der Waals surface area contributed by atoms with Crippen LogP contribution in [0, 0.1) is 11.8 Å². The van der Waals surface area contributed by atoms with Crippen molar-refractivity contribution in [2.75, 3.05) is 5.88 Å². The lowest BCUT2D eigenvalue weighted by Gasteiger charge is -2.14. The number of alkyl halides is 1. The van der Waals surface area contributed by atoms with Gasteiger partial charge in [-0.2, -0.15) is 0 Å². The second-order valence-corrected chi connectivity index (χ2v) is 6.02. The fraction of sp³-hybridized carbons (Fsp3) is 0.615. The molecule has 0 spiro atoms. The summed E-state index contributed by atoms with van der Waals surface area (Å²) in [5.74, 6) is 6.95. The standard InChI is InChI=1S/C13H18ClNS/c1-13(2,3)11-10-16-12(15-11)8-6-4-5-7-9-14/h10H,5,7-9H2,1-3H3. The van der Waals surface area contributed by atoms with Gasteiger partial charge in [0.2, 0.25) is 0 Å². The molecule has 1 nitrogen and oxygen atoms in total. The Kier molecular flexibility index (Phi) is 5.31. The summed E-state index contributed by atoms with van der Waals surface area (Å²) in [7, 11) is 0. The highest BCUT2D eigenvalue weighted by Crippen LogP contribution is 2.23. The lowest BCUT2D eigenvalue weighted by atomic mass is 9.93. The first-order valence-electron chi connectivity index (χ1n) is 5.50. The Balaban J connectivity index is 2.49. The van der Waals surface area contributed by atoms with Crippen LogP contribution in [0.4, 0.5) is 0 Å². The van der Waals surface area contributed by atoms with Crippen molar-refractivity contribution < 1.29 is 0 Å². The van der Waals surface area contributed by atoms with Gasteiger partial charge in [-0.15, -0.1) is 28.9 Å². The zero-order valence-electron chi connectivity index (χ0n) is 10.1. The van der Waals surface area contributed by atoms with Crippen LogP contribution in [0.3, 0.4) is 0 Å². The maximum Gasteiger partial charge on any atom is 0.105 e. The number of unbranched alkanes of at least 4 members (excludes halogenated alkanes) is 1. The molecule has 1 rings (SSSR count). The first kappa shape index (κ1) is 13.5. The normalized spacial score (nSPS) is 11.0. The van der Waals surface area contributed by atoms with Gasteiger partial charge in [0.1, 0.15) is 5.01 Å². The molecular weight excluding hydrogens is 238 g/mol. The molecule has 0 amide bonds. The predicted molar refractivity (Wildman–Crippen MR) is 72.2 cm³/mol. The quantitative estimate of drug-likeness (QED) is 0.452. The van der Waals surface area contributed by atoms with Gasteiger partial charge in [0.05, 0.1) is 12.1 Å². The van der Waals surface area contributed by atoms with Crippen LogP contribution in [0.1, 0.15) is 44.3 Å². The Hall–Kier alpha value is -0.520. The second-order valence-electron chi connectivity index (χ2n) is 4.70. The largest absolute Gasteiger partial charge is 0.245 e. The molecule has 16 heavy (non-hydrogen) atoms. The Morgan fingerprint density at radius 1 is 1.38 bits per heavy atom. The van der Waals surface area contributed by atoms with Gasteiger partial charge in [-0.25, -0.2) is 4.98 Å². The molecule has 0 aromatic carbocycles. The summed E-state index contributed by atoms with van der Waals surface area (Å²) >= 11 is 7.27. The third-order valence-corrected chi connectivity index (χ3v) is 3.24. The molecule has 0 unspecified atom stereocenters. The van der Waals surface area contributed by atoms with E-state index in [1.807, 2.05) is 0 Å². The molecule has 1 aromatic heterocycles. The second kappa shape index (κ2) is 6.27. The third kappa shape index (κ3) is 4.55. The van der Waals surface area contributed by atoms with Crippen molar-refractivity contribution in [1.82, 2.24) is 4.98 Å². The highest BCUT2D eigenvalue weighted by Gasteiger charge is 2.16. The average molecular weight is 256 g/mol. The van der Waals surface area contributed by atoms with Gasteiger partial charge in [0.25, 0.3) is 0 Å². The Morgan fingerprint density at radius 3 is 2.69 bits per heavy atom. The van der Waals surface area contributed by atoms with Crippen LogP contribution in [0.15, 0.2) is 5.38 Å². The number of thiazole rings is 1. The van der Waals surface area contributed by atoms with E-state index in [1.54, 1.807) is 11.3 Å². The average Bonchev–Trinajstić information content (AvgIpc) is 2.65. The van der Waals surface area contributed by atoms with Crippen LogP contribution in [0.2, 0.25) is 0 Å². The number of nitrogens with zero attached hydrogens (tertiary/aromatic N) is 1. The number of hydrogen-bond donors (Lipinski definition) is 0. The van der Waals surface area contributed by atoms with Crippen LogP contribution in [0.25, 0.3) is 0 Å². The molecule has 0 radical (unpaired) electrons. The van der Waals surface area contributed by atoms with Crippen molar-refractivity contribution in [3.05, 3.63) is 16.1 Å². The minimum absolute atomic E-state index is 0.140. The molecule has 0 N–H and O–H groups in total. The van der Waals surface area contributed by atoms with E-state index in [0.717, 1.165) is 30.0 Å². The SMILES string of the molecule is CC(C)(C)c1csc(CC#CCCCCl)n1. The summed E-state index contributed by atoms with van der Waals surface area (Å²) in [5, 5.41) is 3.25. The van der Waals surface area contributed by atoms with E-state index in [-0.39, 0.29) is 5.41 Å². The van der Waals surface area contributed by atoms with E-state index in [0.29, 0.717) is 5.88 Å². The van der Waals surface area contributed by atoms with E-state index in [2.05, 4.69) is 43.0 Å². The fourth-order valence-electron chi connectivity index (χ4n) is 1.12. The highest BCUT2D eigenvalue weighted by atomic mass is 35.5. The smallest absolute Gasteiger partial charge is 0.105 e. The molecule has 0 bridgehead atoms. The summed E-state index contributed by atoms with van der Waals surface area (Å²) in [6, 6.07) is 0. The zero-order chi connectivity index (χ0) is 12.0. The number of rotatable bonds is 3. The summed E-state index contributed by atoms with van der Waals surface area (Å²) in [4.78, 5) is 4.59. The molecule has 1 aromatic rings. The summed E-state index contributed by atoms with van der Waals surface area (Å²) in [6.45, 7) is 6.54. The summed E-state index contributed by atoms with van der Waals surface area (Å²) in [5.41, 5.74) is 1.30. The first-order chi connectivity index (χ1) is 7.54. The lowest BCUT2D eigenvalue weighted by Crippen LogP contribution is -2.11. The van der Waals surface area contributed by atoms with Crippen molar-refractivity contribution >= 4 is 22.9 Å². The van der Waals surface area contributed by atoms with Crippen molar-refractivity contribution in [2.45, 2.75) is 45.4 Å². The molecular formula is C13H18ClNS. The van der Waals surface area contributed by atoms with Crippen molar-refractivity contribution in [3.63, 3.8) is 0 Å². The van der Waals surface area contributed by atoms with Crippen molar-refractivity contribution in [3.8, 4) is 11.8 Å². The Bertz CT molecular complexity index is 379. The van der Waals surface area contributed by atoms with Gasteiger partial charge >= 0.3 is 0 Å². The van der Waals surface area contributed by atoms with Crippen LogP contribution < -0.4 is 0 Å². The van der Waals surface area contributed by atoms with Gasteiger partial charge < -0.3 is 0 Å². The predicted octanol–water partition coefficient (Wildman–Crippen LogP) is 4.01. The number of hydrogen-bond acceptors (Lipinski definition) is 2. The number of halogens is 1. The fourth-order valence-corrected chi connectivity index (χ4v) is 2.21. The van der Waals surface area contributed by atoms with E-state index < -0.39 is 0 Å². The molecule has 1 heterocycles. The minimum atomic E-state index is 0.140. The monoisotopic (exact) mass is 255 g/mol. The molecule has 0 saturated carbocycles. The third-order valence-electron chi connectivity index (χ3n) is 2.12. The highest BCUT2D eigenvalue weighted by molar-refractivity contribution is 7.09. The molecule has 0 aliphatic carbocycles. The molecule has 0 fully saturated rings. The molecule has 0 aliphatic rings. The van der Waals surface area contributed by atoms with Gasteiger partial charge in [0, 0.05) is 23.1 Å². The maximum absolute atomic E-state index is 5.57. The van der Waals surface area contributed by atoms with Crippen molar-refractivity contribution in [2.24, 2.45) is 0 Å². The summed E-state index contributed by atoms with van der Waals surface area (Å²) in [6.07, 6.45) is 2.63. The number of aromatic nitrogens is 1. The maximum atomic E-state index is 5.57. The van der Waals surface area contributed by atoms with E-state index in [4.69, 9.17) is 11.6 Å². The van der Waals surface area contributed by atoms with Gasteiger partial charge in [-0.05, 0) is 6.42 Å².